The third kappa shape index (κ3) is 15.8. The van der Waals surface area contributed by atoms with E-state index >= 15 is 0 Å². The van der Waals surface area contributed by atoms with Crippen molar-refractivity contribution in [1.29, 1.82) is 0 Å². The van der Waals surface area contributed by atoms with Gasteiger partial charge in [-0.1, -0.05) is 39.0 Å². The lowest BCUT2D eigenvalue weighted by atomic mass is 10.0. The number of ether oxygens (including phenoxy) is 6. The quantitative estimate of drug-likeness (QED) is 0.289. The first-order valence-electron chi connectivity index (χ1n) is 12.8. The third-order valence-electron chi connectivity index (χ3n) is 5.96. The van der Waals surface area contributed by atoms with Crippen LogP contribution in [0.1, 0.15) is 96.8 Å². The molecule has 3 atom stereocenters. The maximum Gasteiger partial charge on any atom is 0.508 e. The molecule has 0 aromatic heterocycles. The Hall–Kier alpha value is -1.54. The largest absolute Gasteiger partial charge is 0.508 e. The van der Waals surface area contributed by atoms with Crippen LogP contribution in [-0.4, -0.2) is 64.7 Å². The van der Waals surface area contributed by atoms with Crippen molar-refractivity contribution in [2.45, 2.75) is 115 Å². The second-order valence-corrected chi connectivity index (χ2v) is 8.76. The van der Waals surface area contributed by atoms with Gasteiger partial charge >= 0.3 is 12.3 Å². The van der Waals surface area contributed by atoms with Crippen LogP contribution in [0.3, 0.4) is 0 Å². The fourth-order valence-electron chi connectivity index (χ4n) is 4.00. The minimum absolute atomic E-state index is 0.112. The van der Waals surface area contributed by atoms with Crippen molar-refractivity contribution >= 4 is 12.3 Å². The number of hydrogen-bond donors (Lipinski definition) is 0. The molecule has 1 aliphatic carbocycles. The summed E-state index contributed by atoms with van der Waals surface area (Å²) in [5.74, 6) is 0. The van der Waals surface area contributed by atoms with Crippen molar-refractivity contribution in [3.05, 3.63) is 0 Å². The van der Waals surface area contributed by atoms with Gasteiger partial charge in [-0.05, 0) is 57.8 Å². The number of carbonyl (C=O) groups excluding carboxylic acids is 2. The normalized spacial score (nSPS) is 22.3. The van der Waals surface area contributed by atoms with Crippen molar-refractivity contribution in [2.75, 3.05) is 34.0 Å². The first-order chi connectivity index (χ1) is 16.1. The molecule has 0 radical (unpaired) electrons. The van der Waals surface area contributed by atoms with E-state index in [1.165, 1.54) is 0 Å². The van der Waals surface area contributed by atoms with Gasteiger partial charge in [-0.15, -0.1) is 0 Å². The molecule has 1 rings (SSSR count). The molecule has 0 amide bonds. The molecule has 0 N–H and O–H groups in total. The van der Waals surface area contributed by atoms with Gasteiger partial charge in [0.1, 0.15) is 24.9 Å². The molecular weight excluding hydrogens is 428 g/mol. The molecule has 33 heavy (non-hydrogen) atoms. The Bertz CT molecular complexity index is 499. The van der Waals surface area contributed by atoms with Crippen molar-refractivity contribution in [3.8, 4) is 0 Å². The van der Waals surface area contributed by atoms with E-state index in [-0.39, 0.29) is 24.9 Å². The van der Waals surface area contributed by atoms with Gasteiger partial charge in [0.15, 0.2) is 0 Å². The van der Waals surface area contributed by atoms with Gasteiger partial charge in [0.25, 0.3) is 0 Å². The van der Waals surface area contributed by atoms with E-state index in [1.807, 2.05) is 6.92 Å². The van der Waals surface area contributed by atoms with Gasteiger partial charge in [0.2, 0.25) is 0 Å². The molecule has 1 saturated carbocycles. The van der Waals surface area contributed by atoms with Crippen LogP contribution in [0.4, 0.5) is 9.59 Å². The predicted octanol–water partition coefficient (Wildman–Crippen LogP) is 6.19. The van der Waals surface area contributed by atoms with E-state index in [2.05, 4.69) is 0 Å². The molecule has 0 aromatic rings. The topological polar surface area (TPSA) is 89.5 Å². The van der Waals surface area contributed by atoms with Crippen LogP contribution in [0.15, 0.2) is 0 Å². The number of hydrogen-bond acceptors (Lipinski definition) is 8. The molecule has 0 aromatic carbocycles. The summed E-state index contributed by atoms with van der Waals surface area (Å²) in [5.41, 5.74) is 0. The van der Waals surface area contributed by atoms with Crippen molar-refractivity contribution in [3.63, 3.8) is 0 Å². The fraction of sp³-hybridized carbons (Fsp3) is 0.920. The summed E-state index contributed by atoms with van der Waals surface area (Å²) in [4.78, 5) is 24.2. The minimum Gasteiger partial charge on any atom is -0.432 e. The highest BCUT2D eigenvalue weighted by atomic mass is 16.7. The molecule has 0 bridgehead atoms. The zero-order valence-corrected chi connectivity index (χ0v) is 21.0. The Morgan fingerprint density at radius 1 is 0.697 bits per heavy atom. The molecule has 0 aliphatic heterocycles. The predicted molar refractivity (Wildman–Crippen MR) is 125 cm³/mol. The fourth-order valence-corrected chi connectivity index (χ4v) is 4.00. The highest BCUT2D eigenvalue weighted by Gasteiger charge is 2.20. The molecule has 194 valence electrons. The maximum atomic E-state index is 12.2. The standard InChI is InChI=1S/C25H46O8/c1-4-21(20-29-3)31-25(27)33-23-15-11-8-6-5-7-10-14-22(16-12-9-13-17-23)32-24(26)30-19-18-28-2/h21-23H,4-20H2,1-3H3. The Labute approximate surface area is 199 Å². The van der Waals surface area contributed by atoms with E-state index in [1.54, 1.807) is 14.2 Å². The average molecular weight is 475 g/mol. The van der Waals surface area contributed by atoms with Gasteiger partial charge in [0, 0.05) is 14.2 Å². The van der Waals surface area contributed by atoms with Crippen molar-refractivity contribution in [2.24, 2.45) is 0 Å². The summed E-state index contributed by atoms with van der Waals surface area (Å²) in [6, 6.07) is 0. The van der Waals surface area contributed by atoms with E-state index < -0.39 is 12.3 Å². The molecular formula is C25H46O8. The molecule has 8 nitrogen and oxygen atoms in total. The van der Waals surface area contributed by atoms with Crippen LogP contribution in [-0.2, 0) is 28.4 Å². The summed E-state index contributed by atoms with van der Waals surface area (Å²) >= 11 is 0. The van der Waals surface area contributed by atoms with Gasteiger partial charge < -0.3 is 28.4 Å². The number of carbonyl (C=O) groups is 2. The molecule has 0 spiro atoms. The van der Waals surface area contributed by atoms with E-state index in [0.717, 1.165) is 83.5 Å². The Morgan fingerprint density at radius 2 is 1.18 bits per heavy atom. The highest BCUT2D eigenvalue weighted by Crippen LogP contribution is 2.21. The zero-order valence-electron chi connectivity index (χ0n) is 21.0. The summed E-state index contributed by atoms with van der Waals surface area (Å²) in [5, 5.41) is 0. The average Bonchev–Trinajstić information content (AvgIpc) is 2.80. The molecule has 8 heteroatoms. The summed E-state index contributed by atoms with van der Waals surface area (Å²) in [6.07, 6.45) is 11.9. The van der Waals surface area contributed by atoms with Crippen LogP contribution in [0.2, 0.25) is 0 Å². The maximum absolute atomic E-state index is 12.2. The Kier molecular flexibility index (Phi) is 17.8. The monoisotopic (exact) mass is 474 g/mol. The van der Waals surface area contributed by atoms with Crippen molar-refractivity contribution in [1.82, 2.24) is 0 Å². The first kappa shape index (κ1) is 29.5. The van der Waals surface area contributed by atoms with Gasteiger partial charge in [-0.25, -0.2) is 9.59 Å². The van der Waals surface area contributed by atoms with E-state index in [9.17, 15) is 9.59 Å². The molecule has 0 saturated heterocycles. The third-order valence-corrected chi connectivity index (χ3v) is 5.96. The van der Waals surface area contributed by atoms with E-state index in [0.29, 0.717) is 19.6 Å². The lowest BCUT2D eigenvalue weighted by Crippen LogP contribution is -2.26. The number of methoxy groups -OCH3 is 2. The molecule has 0 heterocycles. The van der Waals surface area contributed by atoms with Gasteiger partial charge in [0.05, 0.1) is 13.2 Å². The highest BCUT2D eigenvalue weighted by molar-refractivity contribution is 5.60. The Morgan fingerprint density at radius 3 is 1.67 bits per heavy atom. The lowest BCUT2D eigenvalue weighted by molar-refractivity contribution is -0.0280. The lowest BCUT2D eigenvalue weighted by Gasteiger charge is -2.20. The second-order valence-electron chi connectivity index (χ2n) is 8.76. The Balaban J connectivity index is 2.49. The van der Waals surface area contributed by atoms with Crippen LogP contribution in [0, 0.1) is 0 Å². The SMILES string of the molecule is CCC(COC)OC(=O)OC1CCCCCCCCC(OC(=O)OCCOC)CCCCC1. The zero-order chi connectivity index (χ0) is 24.2. The minimum atomic E-state index is -0.610. The van der Waals surface area contributed by atoms with Gasteiger partial charge in [-0.2, -0.15) is 0 Å². The van der Waals surface area contributed by atoms with Crippen LogP contribution in [0.25, 0.3) is 0 Å². The van der Waals surface area contributed by atoms with Crippen LogP contribution < -0.4 is 0 Å². The van der Waals surface area contributed by atoms with Crippen LogP contribution in [0.5, 0.6) is 0 Å². The molecule has 1 fully saturated rings. The summed E-state index contributed by atoms with van der Waals surface area (Å²) in [7, 11) is 3.16. The number of rotatable bonds is 9. The molecule has 3 unspecified atom stereocenters. The smallest absolute Gasteiger partial charge is 0.432 e. The summed E-state index contributed by atoms with van der Waals surface area (Å²) < 4.78 is 31.7. The van der Waals surface area contributed by atoms with Crippen molar-refractivity contribution < 1.29 is 38.0 Å². The summed E-state index contributed by atoms with van der Waals surface area (Å²) in [6.45, 7) is 2.90. The second kappa shape index (κ2) is 19.9. The van der Waals surface area contributed by atoms with E-state index in [4.69, 9.17) is 28.4 Å². The molecule has 1 aliphatic rings. The van der Waals surface area contributed by atoms with Gasteiger partial charge in [-0.3, -0.25) is 0 Å². The first-order valence-corrected chi connectivity index (χ1v) is 12.8. The van der Waals surface area contributed by atoms with Crippen LogP contribution >= 0.6 is 0 Å².